The number of esters is 1. The van der Waals surface area contributed by atoms with Crippen molar-refractivity contribution >= 4 is 34.3 Å². The van der Waals surface area contributed by atoms with Crippen LogP contribution in [0.4, 0.5) is 0 Å². The molecule has 0 spiro atoms. The Morgan fingerprint density at radius 1 is 1.53 bits per heavy atom. The minimum absolute atomic E-state index is 0. The van der Waals surface area contributed by atoms with Gasteiger partial charge >= 0.3 is 5.97 Å². The van der Waals surface area contributed by atoms with Crippen molar-refractivity contribution in [3.63, 3.8) is 0 Å². The number of hydrogen-bond donors (Lipinski definition) is 2. The maximum atomic E-state index is 11.4. The van der Waals surface area contributed by atoms with Gasteiger partial charge in [-0.3, -0.25) is 4.79 Å². The summed E-state index contributed by atoms with van der Waals surface area (Å²) >= 11 is 3.29. The molecule has 19 heavy (non-hydrogen) atoms. The molecule has 1 aromatic rings. The second-order valence-electron chi connectivity index (χ2n) is 3.66. The first-order chi connectivity index (χ1) is 8.49. The molecule has 0 saturated heterocycles. The molecule has 0 bridgehead atoms. The second-order valence-corrected chi connectivity index (χ2v) is 4.58. The van der Waals surface area contributed by atoms with Gasteiger partial charge in [-0.15, -0.1) is 12.4 Å². The maximum Gasteiger partial charge on any atom is 0.307 e. The van der Waals surface area contributed by atoms with Gasteiger partial charge in [0.25, 0.3) is 0 Å². The van der Waals surface area contributed by atoms with Crippen LogP contribution < -0.4 is 10.5 Å². The number of ether oxygens (including phenoxy) is 2. The summed E-state index contributed by atoms with van der Waals surface area (Å²) in [5.74, 6) is -0.153. The lowest BCUT2D eigenvalue weighted by atomic mass is 10.0. The van der Waals surface area contributed by atoms with E-state index in [0.29, 0.717) is 22.4 Å². The Labute approximate surface area is 126 Å². The van der Waals surface area contributed by atoms with E-state index < -0.39 is 12.0 Å². The zero-order chi connectivity index (χ0) is 13.7. The van der Waals surface area contributed by atoms with Crippen LogP contribution in [0.15, 0.2) is 16.6 Å². The monoisotopic (exact) mass is 353 g/mol. The first kappa shape index (κ1) is 18.0. The molecule has 0 radical (unpaired) electrons. The fraction of sp³-hybridized carbons (Fsp3) is 0.417. The highest BCUT2D eigenvalue weighted by Gasteiger charge is 2.19. The Morgan fingerprint density at radius 3 is 2.68 bits per heavy atom. The van der Waals surface area contributed by atoms with E-state index in [0.717, 1.165) is 0 Å². The van der Waals surface area contributed by atoms with Gasteiger partial charge in [0.05, 0.1) is 20.1 Å². The molecule has 108 valence electrons. The van der Waals surface area contributed by atoms with Gasteiger partial charge in [0.1, 0.15) is 0 Å². The summed E-state index contributed by atoms with van der Waals surface area (Å²) in [6.07, 6.45) is 0.001000. The average molecular weight is 355 g/mol. The molecule has 0 saturated carbocycles. The molecule has 0 aliphatic rings. The average Bonchev–Trinajstić information content (AvgIpc) is 2.31. The van der Waals surface area contributed by atoms with E-state index in [-0.39, 0.29) is 24.6 Å². The van der Waals surface area contributed by atoms with E-state index in [4.69, 9.17) is 15.2 Å². The zero-order valence-corrected chi connectivity index (χ0v) is 13.1. The molecule has 0 aromatic heterocycles. The third kappa shape index (κ3) is 4.89. The first-order valence-corrected chi connectivity index (χ1v) is 6.26. The molecule has 1 aromatic carbocycles. The van der Waals surface area contributed by atoms with Crippen molar-refractivity contribution in [2.45, 2.75) is 19.4 Å². The largest absolute Gasteiger partial charge is 0.504 e. The molecule has 1 rings (SSSR count). The number of nitrogens with two attached hydrogens (primary N) is 1. The summed E-state index contributed by atoms with van der Waals surface area (Å²) in [6.45, 7) is 2.03. The molecule has 3 N–H and O–H groups in total. The van der Waals surface area contributed by atoms with E-state index in [1.54, 1.807) is 19.1 Å². The van der Waals surface area contributed by atoms with Crippen molar-refractivity contribution in [2.75, 3.05) is 13.7 Å². The third-order valence-corrected chi connectivity index (χ3v) is 2.84. The van der Waals surface area contributed by atoms with Crippen molar-refractivity contribution in [2.24, 2.45) is 5.73 Å². The number of carbonyl (C=O) groups is 1. The van der Waals surface area contributed by atoms with E-state index in [1.165, 1.54) is 7.11 Å². The van der Waals surface area contributed by atoms with E-state index in [1.807, 2.05) is 0 Å². The SMILES string of the molecule is CCOC(=O)C[C@H](N)c1cc(Br)cc(OC)c1O.Cl. The van der Waals surface area contributed by atoms with Gasteiger partial charge < -0.3 is 20.3 Å². The van der Waals surface area contributed by atoms with Crippen molar-refractivity contribution in [3.8, 4) is 11.5 Å². The van der Waals surface area contributed by atoms with Gasteiger partial charge in [0.15, 0.2) is 11.5 Å². The number of phenolic OH excluding ortho intramolecular Hbond substituents is 1. The van der Waals surface area contributed by atoms with Crippen LogP contribution in [0, 0.1) is 0 Å². The number of phenols is 1. The minimum atomic E-state index is -0.643. The topological polar surface area (TPSA) is 81.8 Å². The third-order valence-electron chi connectivity index (χ3n) is 2.38. The molecule has 0 fully saturated rings. The summed E-state index contributed by atoms with van der Waals surface area (Å²) in [5, 5.41) is 9.95. The molecular weight excluding hydrogens is 337 g/mol. The summed E-state index contributed by atoms with van der Waals surface area (Å²) in [6, 6.07) is 2.63. The Kier molecular flexibility index (Phi) is 7.82. The summed E-state index contributed by atoms with van der Waals surface area (Å²) in [5.41, 5.74) is 6.32. The summed E-state index contributed by atoms with van der Waals surface area (Å²) in [7, 11) is 1.45. The molecule has 0 unspecified atom stereocenters. The van der Waals surface area contributed by atoms with Crippen LogP contribution in [-0.2, 0) is 9.53 Å². The van der Waals surface area contributed by atoms with Gasteiger partial charge in [0, 0.05) is 16.1 Å². The van der Waals surface area contributed by atoms with Crippen LogP contribution >= 0.6 is 28.3 Å². The highest BCUT2D eigenvalue weighted by molar-refractivity contribution is 9.10. The van der Waals surface area contributed by atoms with E-state index >= 15 is 0 Å². The van der Waals surface area contributed by atoms with Gasteiger partial charge in [-0.1, -0.05) is 15.9 Å². The van der Waals surface area contributed by atoms with E-state index in [9.17, 15) is 9.90 Å². The number of methoxy groups -OCH3 is 1. The predicted molar refractivity (Wildman–Crippen MR) is 77.8 cm³/mol. The number of benzene rings is 1. The number of aromatic hydroxyl groups is 1. The molecule has 0 heterocycles. The van der Waals surface area contributed by atoms with Crippen LogP contribution in [0.2, 0.25) is 0 Å². The summed E-state index contributed by atoms with van der Waals surface area (Å²) < 4.78 is 10.5. The fourth-order valence-corrected chi connectivity index (χ4v) is 2.00. The normalized spacial score (nSPS) is 11.4. The Morgan fingerprint density at radius 2 is 2.16 bits per heavy atom. The minimum Gasteiger partial charge on any atom is -0.504 e. The van der Waals surface area contributed by atoms with Crippen LogP contribution in [0.1, 0.15) is 24.9 Å². The Bertz CT molecular complexity index is 442. The quantitative estimate of drug-likeness (QED) is 0.794. The van der Waals surface area contributed by atoms with Crippen molar-refractivity contribution in [3.05, 3.63) is 22.2 Å². The number of carbonyl (C=O) groups excluding carboxylic acids is 1. The van der Waals surface area contributed by atoms with Gasteiger partial charge in [-0.25, -0.2) is 0 Å². The van der Waals surface area contributed by atoms with Crippen molar-refractivity contribution in [1.82, 2.24) is 0 Å². The standard InChI is InChI=1S/C12H16BrNO4.ClH/c1-3-18-11(15)6-9(14)8-4-7(13)5-10(17-2)12(8)16;/h4-5,9,16H,3,6,14H2,1-2H3;1H/t9-;/m0./s1. The van der Waals surface area contributed by atoms with Crippen LogP contribution in [0.3, 0.4) is 0 Å². The fourth-order valence-electron chi connectivity index (χ4n) is 1.54. The van der Waals surface area contributed by atoms with E-state index in [2.05, 4.69) is 15.9 Å². The highest BCUT2D eigenvalue weighted by Crippen LogP contribution is 2.37. The highest BCUT2D eigenvalue weighted by atomic mass is 79.9. The van der Waals surface area contributed by atoms with Crippen molar-refractivity contribution < 1.29 is 19.4 Å². The van der Waals surface area contributed by atoms with Crippen molar-refractivity contribution in [1.29, 1.82) is 0 Å². The first-order valence-electron chi connectivity index (χ1n) is 5.47. The van der Waals surface area contributed by atoms with Gasteiger partial charge in [-0.05, 0) is 19.1 Å². The summed E-state index contributed by atoms with van der Waals surface area (Å²) in [4.78, 5) is 11.4. The van der Waals surface area contributed by atoms with Crippen LogP contribution in [-0.4, -0.2) is 24.8 Å². The lowest BCUT2D eigenvalue weighted by Crippen LogP contribution is -2.17. The smallest absolute Gasteiger partial charge is 0.307 e. The lowest BCUT2D eigenvalue weighted by molar-refractivity contribution is -0.143. The molecule has 5 nitrogen and oxygen atoms in total. The second kappa shape index (κ2) is 8.24. The number of hydrogen-bond acceptors (Lipinski definition) is 5. The maximum absolute atomic E-state index is 11.4. The molecule has 1 atom stereocenters. The predicted octanol–water partition coefficient (Wildman–Crippen LogP) is 2.54. The van der Waals surface area contributed by atoms with Gasteiger partial charge in [0.2, 0.25) is 0 Å². The van der Waals surface area contributed by atoms with Crippen LogP contribution in [0.25, 0.3) is 0 Å². The van der Waals surface area contributed by atoms with Gasteiger partial charge in [-0.2, -0.15) is 0 Å². The number of halogens is 2. The Balaban J connectivity index is 0.00000324. The number of rotatable bonds is 5. The lowest BCUT2D eigenvalue weighted by Gasteiger charge is -2.15. The molecular formula is C12H17BrClNO4. The Hall–Kier alpha value is -0.980. The molecule has 0 aliphatic heterocycles. The zero-order valence-electron chi connectivity index (χ0n) is 10.7. The van der Waals surface area contributed by atoms with Crippen LogP contribution in [0.5, 0.6) is 11.5 Å². The molecule has 0 aliphatic carbocycles. The molecule has 0 amide bonds. The molecule has 7 heteroatoms.